The van der Waals surface area contributed by atoms with Gasteiger partial charge in [0, 0.05) is 31.8 Å². The summed E-state index contributed by atoms with van der Waals surface area (Å²) in [5.74, 6) is 0.796. The Morgan fingerprint density at radius 1 is 1.16 bits per heavy atom. The molecule has 1 heterocycles. The van der Waals surface area contributed by atoms with Crippen molar-refractivity contribution in [3.63, 3.8) is 0 Å². The maximum atomic E-state index is 12.0. The lowest BCUT2D eigenvalue weighted by Gasteiger charge is -2.07. The van der Waals surface area contributed by atoms with E-state index in [1.54, 1.807) is 18.2 Å². The summed E-state index contributed by atoms with van der Waals surface area (Å²) in [6.45, 7) is 0.892. The van der Waals surface area contributed by atoms with E-state index in [0.717, 1.165) is 12.8 Å². The van der Waals surface area contributed by atoms with Gasteiger partial charge in [-0.25, -0.2) is 4.98 Å². The molecule has 1 aromatic heterocycles. The molecule has 0 bridgehead atoms. The molecule has 2 amide bonds. The van der Waals surface area contributed by atoms with Gasteiger partial charge in [0.05, 0.1) is 10.9 Å². The van der Waals surface area contributed by atoms with Crippen LogP contribution in [0.2, 0.25) is 0 Å². The second-order valence-electron chi connectivity index (χ2n) is 6.30. The summed E-state index contributed by atoms with van der Waals surface area (Å²) in [6.07, 6.45) is 3.44. The molecule has 1 fully saturated rings. The summed E-state index contributed by atoms with van der Waals surface area (Å²) < 4.78 is 0. The van der Waals surface area contributed by atoms with Gasteiger partial charge in [-0.15, -0.1) is 0 Å². The van der Waals surface area contributed by atoms with E-state index in [2.05, 4.69) is 20.6 Å². The fourth-order valence-corrected chi connectivity index (χ4v) is 2.64. The van der Waals surface area contributed by atoms with Crippen molar-refractivity contribution >= 4 is 22.7 Å². The Labute approximate surface area is 145 Å². The van der Waals surface area contributed by atoms with Crippen molar-refractivity contribution in [3.05, 3.63) is 40.4 Å². The van der Waals surface area contributed by atoms with Crippen LogP contribution < -0.4 is 16.2 Å². The number of hydrogen-bond donors (Lipinski definition) is 3. The number of nitrogens with one attached hydrogen (secondary N) is 3. The van der Waals surface area contributed by atoms with Gasteiger partial charge in [0.15, 0.2) is 0 Å². The molecule has 2 aromatic rings. The van der Waals surface area contributed by atoms with Gasteiger partial charge >= 0.3 is 0 Å². The number of aromatic amines is 1. The van der Waals surface area contributed by atoms with Crippen LogP contribution in [0.3, 0.4) is 0 Å². The van der Waals surface area contributed by atoms with Crippen molar-refractivity contribution in [2.75, 3.05) is 13.1 Å². The molecule has 0 unspecified atom stereocenters. The summed E-state index contributed by atoms with van der Waals surface area (Å²) in [5.41, 5.74) is 0.508. The predicted octanol–water partition coefficient (Wildman–Crippen LogP) is 0.888. The van der Waals surface area contributed by atoms with E-state index in [0.29, 0.717) is 49.1 Å². The Morgan fingerprint density at radius 2 is 1.92 bits per heavy atom. The van der Waals surface area contributed by atoms with E-state index in [-0.39, 0.29) is 23.3 Å². The van der Waals surface area contributed by atoms with Crippen LogP contribution in [0.5, 0.6) is 0 Å². The first-order chi connectivity index (χ1) is 12.1. The van der Waals surface area contributed by atoms with Gasteiger partial charge in [0.1, 0.15) is 5.82 Å². The van der Waals surface area contributed by atoms with Crippen molar-refractivity contribution in [2.45, 2.75) is 32.1 Å². The lowest BCUT2D eigenvalue weighted by molar-refractivity contribution is -0.123. The van der Waals surface area contributed by atoms with Crippen LogP contribution in [0.15, 0.2) is 29.1 Å². The number of rotatable bonds is 8. The zero-order valence-electron chi connectivity index (χ0n) is 14.0. The molecule has 1 aliphatic carbocycles. The van der Waals surface area contributed by atoms with Gasteiger partial charge in [-0.3, -0.25) is 14.4 Å². The first-order valence-electron chi connectivity index (χ1n) is 8.66. The molecule has 1 aliphatic rings. The van der Waals surface area contributed by atoms with Crippen LogP contribution in [0.4, 0.5) is 0 Å². The second-order valence-corrected chi connectivity index (χ2v) is 6.30. The Balaban J connectivity index is 1.38. The molecule has 1 saturated carbocycles. The molecule has 0 spiro atoms. The number of aromatic nitrogens is 2. The number of fused-ring (bicyclic) bond motifs is 1. The number of carbonyl (C=O) groups excluding carboxylic acids is 2. The topological polar surface area (TPSA) is 104 Å². The molecule has 1 aromatic carbocycles. The van der Waals surface area contributed by atoms with E-state index in [4.69, 9.17) is 0 Å². The normalized spacial score (nSPS) is 13.6. The van der Waals surface area contributed by atoms with Crippen molar-refractivity contribution in [1.29, 1.82) is 0 Å². The maximum Gasteiger partial charge on any atom is 0.258 e. The van der Waals surface area contributed by atoms with Gasteiger partial charge in [-0.05, 0) is 31.4 Å². The van der Waals surface area contributed by atoms with Crippen molar-refractivity contribution in [1.82, 2.24) is 20.6 Å². The lowest BCUT2D eigenvalue weighted by Crippen LogP contribution is -2.35. The van der Waals surface area contributed by atoms with Crippen LogP contribution in [0.25, 0.3) is 10.9 Å². The van der Waals surface area contributed by atoms with Gasteiger partial charge in [-0.2, -0.15) is 0 Å². The lowest BCUT2D eigenvalue weighted by atomic mass is 10.2. The van der Waals surface area contributed by atoms with Crippen molar-refractivity contribution in [3.8, 4) is 0 Å². The van der Waals surface area contributed by atoms with Crippen molar-refractivity contribution in [2.24, 2.45) is 5.92 Å². The summed E-state index contributed by atoms with van der Waals surface area (Å²) >= 11 is 0. The van der Waals surface area contributed by atoms with E-state index in [1.807, 2.05) is 6.07 Å². The Hall–Kier alpha value is -2.70. The number of H-pyrrole nitrogens is 1. The Kier molecular flexibility index (Phi) is 5.42. The summed E-state index contributed by atoms with van der Waals surface area (Å²) in [5, 5.41) is 6.15. The number of carbonyl (C=O) groups is 2. The molecule has 0 radical (unpaired) electrons. The Bertz CT molecular complexity index is 826. The fraction of sp³-hybridized carbons (Fsp3) is 0.444. The average molecular weight is 342 g/mol. The second kappa shape index (κ2) is 7.92. The highest BCUT2D eigenvalue weighted by molar-refractivity contribution is 5.81. The summed E-state index contributed by atoms with van der Waals surface area (Å²) in [4.78, 5) is 42.4. The van der Waals surface area contributed by atoms with Crippen LogP contribution in [-0.2, 0) is 16.0 Å². The minimum atomic E-state index is -0.156. The average Bonchev–Trinajstić information content (AvgIpc) is 3.44. The molecule has 7 nitrogen and oxygen atoms in total. The number of benzene rings is 1. The molecule has 0 aliphatic heterocycles. The fourth-order valence-electron chi connectivity index (χ4n) is 2.64. The largest absolute Gasteiger partial charge is 0.354 e. The summed E-state index contributed by atoms with van der Waals surface area (Å²) in [7, 11) is 0. The standard InChI is InChI=1S/C18H22N4O3/c23-16(19-10-11-20-17(24)12-8-9-12)7-3-6-15-21-14-5-2-1-4-13(14)18(25)22-15/h1-2,4-5,12H,3,6-11H2,(H,19,23)(H,20,24)(H,21,22,25). The highest BCUT2D eigenvalue weighted by atomic mass is 16.2. The van der Waals surface area contributed by atoms with Gasteiger partial charge in [0.25, 0.3) is 5.56 Å². The minimum Gasteiger partial charge on any atom is -0.354 e. The van der Waals surface area contributed by atoms with E-state index in [1.165, 1.54) is 0 Å². The van der Waals surface area contributed by atoms with Crippen molar-refractivity contribution < 1.29 is 9.59 Å². The maximum absolute atomic E-state index is 12.0. The van der Waals surface area contributed by atoms with E-state index >= 15 is 0 Å². The monoisotopic (exact) mass is 342 g/mol. The van der Waals surface area contributed by atoms with E-state index < -0.39 is 0 Å². The SMILES string of the molecule is O=C(CCCc1nc2ccccc2c(=O)[nH]1)NCCNC(=O)C1CC1. The predicted molar refractivity (Wildman–Crippen MR) is 94.0 cm³/mol. The van der Waals surface area contributed by atoms with Gasteiger partial charge in [0.2, 0.25) is 11.8 Å². The Morgan fingerprint density at radius 3 is 2.72 bits per heavy atom. The molecule has 3 rings (SSSR count). The molecule has 3 N–H and O–H groups in total. The number of hydrogen-bond acceptors (Lipinski definition) is 4. The molecular weight excluding hydrogens is 320 g/mol. The third-order valence-corrected chi connectivity index (χ3v) is 4.17. The van der Waals surface area contributed by atoms with E-state index in [9.17, 15) is 14.4 Å². The first kappa shape index (κ1) is 17.1. The molecular formula is C18H22N4O3. The number of amides is 2. The molecule has 7 heteroatoms. The van der Waals surface area contributed by atoms with Crippen LogP contribution in [0.1, 0.15) is 31.5 Å². The van der Waals surface area contributed by atoms with Gasteiger partial charge < -0.3 is 15.6 Å². The van der Waals surface area contributed by atoms with Crippen LogP contribution in [0, 0.1) is 5.92 Å². The molecule has 0 saturated heterocycles. The number of aryl methyl sites for hydroxylation is 1. The van der Waals surface area contributed by atoms with Gasteiger partial charge in [-0.1, -0.05) is 12.1 Å². The smallest absolute Gasteiger partial charge is 0.258 e. The highest BCUT2D eigenvalue weighted by Gasteiger charge is 2.28. The number of nitrogens with zero attached hydrogens (tertiary/aromatic N) is 1. The van der Waals surface area contributed by atoms with Crippen LogP contribution in [-0.4, -0.2) is 34.9 Å². The quantitative estimate of drug-likeness (QED) is 0.620. The minimum absolute atomic E-state index is 0.0659. The van der Waals surface area contributed by atoms with Crippen LogP contribution >= 0.6 is 0 Å². The summed E-state index contributed by atoms with van der Waals surface area (Å²) in [6, 6.07) is 7.18. The third kappa shape index (κ3) is 4.89. The third-order valence-electron chi connectivity index (χ3n) is 4.17. The zero-order chi connectivity index (χ0) is 17.6. The molecule has 132 valence electrons. The molecule has 0 atom stereocenters. The molecule has 25 heavy (non-hydrogen) atoms. The zero-order valence-corrected chi connectivity index (χ0v) is 14.0. The number of para-hydroxylation sites is 1. The highest BCUT2D eigenvalue weighted by Crippen LogP contribution is 2.28. The first-order valence-corrected chi connectivity index (χ1v) is 8.66.